The number of hydrogen-bond acceptors (Lipinski definition) is 6. The van der Waals surface area contributed by atoms with E-state index in [9.17, 15) is 9.59 Å². The van der Waals surface area contributed by atoms with Crippen LogP contribution < -0.4 is 10.6 Å². The quantitative estimate of drug-likeness (QED) is 0.734. The van der Waals surface area contributed by atoms with Crippen molar-refractivity contribution in [3.63, 3.8) is 0 Å². The lowest BCUT2D eigenvalue weighted by Gasteiger charge is -2.12. The van der Waals surface area contributed by atoms with Gasteiger partial charge in [0.15, 0.2) is 5.13 Å². The number of hydrogen-bond donors (Lipinski definition) is 2. The summed E-state index contributed by atoms with van der Waals surface area (Å²) in [7, 11) is 0. The first-order valence-corrected chi connectivity index (χ1v) is 8.90. The molecule has 0 fully saturated rings. The van der Waals surface area contributed by atoms with Gasteiger partial charge in [-0.3, -0.25) is 14.6 Å². The van der Waals surface area contributed by atoms with Crippen LogP contribution in [0.5, 0.6) is 0 Å². The number of amides is 2. The van der Waals surface area contributed by atoms with Gasteiger partial charge < -0.3 is 10.6 Å². The predicted molar refractivity (Wildman–Crippen MR) is 95.2 cm³/mol. The second-order valence-corrected chi connectivity index (χ2v) is 6.75. The van der Waals surface area contributed by atoms with E-state index < -0.39 is 6.04 Å². The number of nitrogens with one attached hydrogen (secondary N) is 2. The van der Waals surface area contributed by atoms with Crippen LogP contribution in [0.3, 0.4) is 0 Å². The standard InChI is InChI=1S/C16H14N4O2S2/c1-10(18-15(22)13-5-3-7-23-13)14(21)20-16-19-12(9-24-16)11-4-2-6-17-8-11/h2-10H,1H3,(H,18,22)(H,19,20,21). The van der Waals surface area contributed by atoms with Crippen molar-refractivity contribution >= 4 is 39.6 Å². The summed E-state index contributed by atoms with van der Waals surface area (Å²) in [5.74, 6) is -0.574. The van der Waals surface area contributed by atoms with E-state index in [2.05, 4.69) is 20.6 Å². The minimum atomic E-state index is -0.662. The fraction of sp³-hybridized carbons (Fsp3) is 0.125. The van der Waals surface area contributed by atoms with Crippen LogP contribution in [0.25, 0.3) is 11.3 Å². The Bertz CT molecular complexity index is 831. The highest BCUT2D eigenvalue weighted by molar-refractivity contribution is 7.14. The van der Waals surface area contributed by atoms with Crippen molar-refractivity contribution in [2.75, 3.05) is 5.32 Å². The van der Waals surface area contributed by atoms with Gasteiger partial charge in [-0.05, 0) is 30.5 Å². The van der Waals surface area contributed by atoms with Crippen molar-refractivity contribution in [2.45, 2.75) is 13.0 Å². The Hall–Kier alpha value is -2.58. The Morgan fingerprint density at radius 1 is 1.21 bits per heavy atom. The SMILES string of the molecule is CC(NC(=O)c1cccs1)C(=O)Nc1nc(-c2cccnc2)cs1. The second-order valence-electron chi connectivity index (χ2n) is 4.94. The average Bonchev–Trinajstić information content (AvgIpc) is 3.27. The highest BCUT2D eigenvalue weighted by Gasteiger charge is 2.18. The van der Waals surface area contributed by atoms with Gasteiger partial charge in [-0.15, -0.1) is 22.7 Å². The molecule has 0 aliphatic heterocycles. The van der Waals surface area contributed by atoms with Gasteiger partial charge in [-0.1, -0.05) is 6.07 Å². The molecule has 0 aromatic carbocycles. The van der Waals surface area contributed by atoms with Crippen LogP contribution in [-0.2, 0) is 4.79 Å². The summed E-state index contributed by atoms with van der Waals surface area (Å²) in [6, 6.07) is 6.57. The van der Waals surface area contributed by atoms with E-state index in [-0.39, 0.29) is 11.8 Å². The monoisotopic (exact) mass is 358 g/mol. The van der Waals surface area contributed by atoms with Crippen molar-refractivity contribution in [3.05, 3.63) is 52.3 Å². The lowest BCUT2D eigenvalue weighted by Crippen LogP contribution is -2.41. The summed E-state index contributed by atoms with van der Waals surface area (Å²) in [4.78, 5) is 33.1. The van der Waals surface area contributed by atoms with E-state index in [1.807, 2.05) is 22.9 Å². The highest BCUT2D eigenvalue weighted by Crippen LogP contribution is 2.24. The number of aromatic nitrogens is 2. The van der Waals surface area contributed by atoms with Gasteiger partial charge in [-0.25, -0.2) is 4.98 Å². The maximum absolute atomic E-state index is 12.2. The molecule has 6 nitrogen and oxygen atoms in total. The lowest BCUT2D eigenvalue weighted by molar-refractivity contribution is -0.117. The minimum absolute atomic E-state index is 0.261. The number of nitrogens with zero attached hydrogens (tertiary/aromatic N) is 2. The van der Waals surface area contributed by atoms with Crippen LogP contribution in [0.15, 0.2) is 47.4 Å². The predicted octanol–water partition coefficient (Wildman–Crippen LogP) is 3.02. The third-order valence-electron chi connectivity index (χ3n) is 3.18. The van der Waals surface area contributed by atoms with Crippen LogP contribution in [0.4, 0.5) is 5.13 Å². The Kier molecular flexibility index (Phi) is 4.97. The first-order valence-electron chi connectivity index (χ1n) is 7.14. The van der Waals surface area contributed by atoms with E-state index in [0.717, 1.165) is 11.3 Å². The first kappa shape index (κ1) is 16.3. The molecule has 0 radical (unpaired) electrons. The molecule has 0 aliphatic rings. The molecule has 0 saturated carbocycles. The van der Waals surface area contributed by atoms with E-state index in [1.54, 1.807) is 31.5 Å². The zero-order valence-corrected chi connectivity index (χ0v) is 14.4. The number of carbonyl (C=O) groups excluding carboxylic acids is 2. The molecule has 3 aromatic heterocycles. The Morgan fingerprint density at radius 3 is 2.79 bits per heavy atom. The normalized spacial score (nSPS) is 11.7. The van der Waals surface area contributed by atoms with Crippen molar-refractivity contribution in [1.29, 1.82) is 0 Å². The van der Waals surface area contributed by atoms with Crippen LogP contribution >= 0.6 is 22.7 Å². The molecule has 24 heavy (non-hydrogen) atoms. The van der Waals surface area contributed by atoms with E-state index in [1.165, 1.54) is 22.7 Å². The van der Waals surface area contributed by atoms with Gasteiger partial charge >= 0.3 is 0 Å². The molecular formula is C16H14N4O2S2. The van der Waals surface area contributed by atoms with Gasteiger partial charge in [0.25, 0.3) is 5.91 Å². The third kappa shape index (κ3) is 3.84. The van der Waals surface area contributed by atoms with E-state index in [4.69, 9.17) is 0 Å². The summed E-state index contributed by atoms with van der Waals surface area (Å²) in [6.07, 6.45) is 3.40. The number of thiazole rings is 1. The smallest absolute Gasteiger partial charge is 0.261 e. The molecule has 3 rings (SSSR count). The van der Waals surface area contributed by atoms with Crippen LogP contribution in [-0.4, -0.2) is 27.8 Å². The number of carbonyl (C=O) groups is 2. The van der Waals surface area contributed by atoms with Crippen LogP contribution in [0.2, 0.25) is 0 Å². The summed E-state index contributed by atoms with van der Waals surface area (Å²) >= 11 is 2.65. The molecular weight excluding hydrogens is 344 g/mol. The second kappa shape index (κ2) is 7.33. The molecule has 1 atom stereocenters. The Balaban J connectivity index is 1.60. The van der Waals surface area contributed by atoms with Crippen molar-refractivity contribution < 1.29 is 9.59 Å². The van der Waals surface area contributed by atoms with Gasteiger partial charge in [-0.2, -0.15) is 0 Å². The summed E-state index contributed by atoms with van der Waals surface area (Å²) in [6.45, 7) is 1.64. The molecule has 3 aromatic rings. The van der Waals surface area contributed by atoms with Crippen molar-refractivity contribution in [1.82, 2.24) is 15.3 Å². The average molecular weight is 358 g/mol. The fourth-order valence-electron chi connectivity index (χ4n) is 1.93. The Morgan fingerprint density at radius 2 is 2.08 bits per heavy atom. The number of anilines is 1. The molecule has 2 N–H and O–H groups in total. The maximum atomic E-state index is 12.2. The van der Waals surface area contributed by atoms with E-state index in [0.29, 0.717) is 10.0 Å². The topological polar surface area (TPSA) is 84.0 Å². The van der Waals surface area contributed by atoms with Gasteiger partial charge in [0.1, 0.15) is 6.04 Å². The molecule has 0 aliphatic carbocycles. The lowest BCUT2D eigenvalue weighted by atomic mass is 10.2. The molecule has 8 heteroatoms. The van der Waals surface area contributed by atoms with Crippen LogP contribution in [0.1, 0.15) is 16.6 Å². The van der Waals surface area contributed by atoms with Crippen molar-refractivity contribution in [3.8, 4) is 11.3 Å². The van der Waals surface area contributed by atoms with Crippen molar-refractivity contribution in [2.24, 2.45) is 0 Å². The minimum Gasteiger partial charge on any atom is -0.340 e. The summed E-state index contributed by atoms with van der Waals surface area (Å²) in [5, 5.41) is 9.53. The van der Waals surface area contributed by atoms with Gasteiger partial charge in [0.2, 0.25) is 5.91 Å². The zero-order valence-electron chi connectivity index (χ0n) is 12.7. The largest absolute Gasteiger partial charge is 0.340 e. The molecule has 0 saturated heterocycles. The van der Waals surface area contributed by atoms with Crippen LogP contribution in [0, 0.1) is 0 Å². The number of rotatable bonds is 5. The first-order chi connectivity index (χ1) is 11.6. The molecule has 0 bridgehead atoms. The third-order valence-corrected chi connectivity index (χ3v) is 4.80. The van der Waals surface area contributed by atoms with Gasteiger partial charge in [0, 0.05) is 23.3 Å². The highest BCUT2D eigenvalue weighted by atomic mass is 32.1. The maximum Gasteiger partial charge on any atom is 0.261 e. The Labute approximate surface area is 146 Å². The molecule has 2 amide bonds. The number of thiophene rings is 1. The molecule has 3 heterocycles. The summed E-state index contributed by atoms with van der Waals surface area (Å²) in [5.41, 5.74) is 1.63. The summed E-state index contributed by atoms with van der Waals surface area (Å²) < 4.78 is 0. The van der Waals surface area contributed by atoms with E-state index >= 15 is 0 Å². The van der Waals surface area contributed by atoms with Gasteiger partial charge in [0.05, 0.1) is 10.6 Å². The number of pyridine rings is 1. The fourth-order valence-corrected chi connectivity index (χ4v) is 3.28. The molecule has 122 valence electrons. The molecule has 1 unspecified atom stereocenters. The molecule has 0 spiro atoms. The zero-order chi connectivity index (χ0) is 16.9.